The highest BCUT2D eigenvalue weighted by Gasteiger charge is 2.31. The topological polar surface area (TPSA) is 82.5 Å². The molecule has 0 saturated heterocycles. The Kier molecular flexibility index (Phi) is 3.43. The highest BCUT2D eigenvalue weighted by atomic mass is 32.1. The van der Waals surface area contributed by atoms with Gasteiger partial charge in [0, 0.05) is 17.7 Å². The minimum atomic E-state index is 0.246. The van der Waals surface area contributed by atoms with E-state index in [1.54, 1.807) is 5.51 Å². The Morgan fingerprint density at radius 2 is 2.12 bits per heavy atom. The van der Waals surface area contributed by atoms with E-state index in [9.17, 15) is 0 Å². The molecular formula is C16H18N6OS. The molecule has 0 aromatic carbocycles. The number of hydrogen-bond acceptors (Lipinski definition) is 7. The Balaban J connectivity index is 1.41. The lowest BCUT2D eigenvalue weighted by molar-refractivity contribution is 0.334. The predicted octanol–water partition coefficient (Wildman–Crippen LogP) is 3.17. The average Bonchev–Trinajstić information content (AvgIpc) is 3.41. The van der Waals surface area contributed by atoms with Crippen LogP contribution in [0.3, 0.4) is 0 Å². The van der Waals surface area contributed by atoms with Crippen LogP contribution in [0.4, 0.5) is 0 Å². The van der Waals surface area contributed by atoms with Crippen molar-refractivity contribution >= 4 is 11.3 Å². The van der Waals surface area contributed by atoms with Gasteiger partial charge in [0.25, 0.3) is 0 Å². The summed E-state index contributed by atoms with van der Waals surface area (Å²) in [5, 5.41) is 14.9. The fourth-order valence-electron chi connectivity index (χ4n) is 3.88. The zero-order valence-electron chi connectivity index (χ0n) is 13.3. The van der Waals surface area contributed by atoms with Gasteiger partial charge in [-0.3, -0.25) is 0 Å². The van der Waals surface area contributed by atoms with Crippen molar-refractivity contribution in [2.75, 3.05) is 0 Å². The van der Waals surface area contributed by atoms with Gasteiger partial charge >= 0.3 is 0 Å². The van der Waals surface area contributed by atoms with Gasteiger partial charge in [-0.2, -0.15) is 4.98 Å². The molecule has 0 amide bonds. The summed E-state index contributed by atoms with van der Waals surface area (Å²) < 4.78 is 7.71. The summed E-state index contributed by atoms with van der Waals surface area (Å²) in [4.78, 5) is 8.83. The largest absolute Gasteiger partial charge is 0.339 e. The number of hydrogen-bond donors (Lipinski definition) is 0. The van der Waals surface area contributed by atoms with Gasteiger partial charge in [0.2, 0.25) is 11.7 Å². The summed E-state index contributed by atoms with van der Waals surface area (Å²) in [6, 6.07) is 0.522. The van der Waals surface area contributed by atoms with E-state index in [4.69, 9.17) is 4.52 Å². The van der Waals surface area contributed by atoms with Crippen molar-refractivity contribution in [3.8, 4) is 11.5 Å². The molecule has 5 rings (SSSR count). The SMILES string of the molecule is c1nc(-c2noc(C3CCc4nnn(C5CCCC5)c4C3)n2)cs1. The van der Waals surface area contributed by atoms with Gasteiger partial charge in [-0.1, -0.05) is 23.2 Å². The summed E-state index contributed by atoms with van der Waals surface area (Å²) in [5.74, 6) is 1.54. The molecule has 0 radical (unpaired) electrons. The van der Waals surface area contributed by atoms with E-state index in [2.05, 4.69) is 30.1 Å². The van der Waals surface area contributed by atoms with E-state index in [1.807, 2.05) is 5.38 Å². The van der Waals surface area contributed by atoms with E-state index in [-0.39, 0.29) is 5.92 Å². The summed E-state index contributed by atoms with van der Waals surface area (Å²) >= 11 is 1.53. The first-order valence-corrected chi connectivity index (χ1v) is 9.48. The van der Waals surface area contributed by atoms with E-state index in [1.165, 1.54) is 42.7 Å². The van der Waals surface area contributed by atoms with Crippen LogP contribution < -0.4 is 0 Å². The molecule has 1 unspecified atom stereocenters. The van der Waals surface area contributed by atoms with Crippen LogP contribution in [0.1, 0.15) is 61.3 Å². The maximum Gasteiger partial charge on any atom is 0.230 e. The first-order chi connectivity index (χ1) is 11.9. The van der Waals surface area contributed by atoms with E-state index >= 15 is 0 Å². The van der Waals surface area contributed by atoms with Crippen molar-refractivity contribution in [1.82, 2.24) is 30.1 Å². The van der Waals surface area contributed by atoms with Gasteiger partial charge in [0.1, 0.15) is 5.69 Å². The third-order valence-electron chi connectivity index (χ3n) is 5.16. The quantitative estimate of drug-likeness (QED) is 0.727. The van der Waals surface area contributed by atoms with Crippen LogP contribution >= 0.6 is 11.3 Å². The Morgan fingerprint density at radius 1 is 1.21 bits per heavy atom. The number of rotatable bonds is 3. The standard InChI is InChI=1S/C16H18N6OS/c1-2-4-11(3-1)22-14-7-10(5-6-12(14)19-21-22)16-18-15(20-23-16)13-8-24-9-17-13/h8-11H,1-7H2. The van der Waals surface area contributed by atoms with Gasteiger partial charge in [0.05, 0.1) is 22.9 Å². The lowest BCUT2D eigenvalue weighted by Crippen LogP contribution is -2.18. The monoisotopic (exact) mass is 342 g/mol. The predicted molar refractivity (Wildman–Crippen MR) is 87.7 cm³/mol. The first kappa shape index (κ1) is 14.3. The molecule has 8 heteroatoms. The molecule has 24 heavy (non-hydrogen) atoms. The van der Waals surface area contributed by atoms with Crippen LogP contribution in [0.5, 0.6) is 0 Å². The van der Waals surface area contributed by atoms with Gasteiger partial charge in [-0.15, -0.1) is 16.4 Å². The highest BCUT2D eigenvalue weighted by molar-refractivity contribution is 7.07. The van der Waals surface area contributed by atoms with E-state index in [0.29, 0.717) is 17.8 Å². The second-order valence-electron chi connectivity index (χ2n) is 6.64. The fraction of sp³-hybridized carbons (Fsp3) is 0.562. The number of fused-ring (bicyclic) bond motifs is 1. The Hall–Kier alpha value is -2.09. The zero-order valence-corrected chi connectivity index (χ0v) is 14.1. The normalized spacial score (nSPS) is 21.2. The molecule has 3 aromatic rings. The zero-order chi connectivity index (χ0) is 15.9. The number of nitrogens with zero attached hydrogens (tertiary/aromatic N) is 6. The summed E-state index contributed by atoms with van der Waals surface area (Å²) in [6.07, 6.45) is 7.82. The van der Waals surface area contributed by atoms with Gasteiger partial charge in [-0.25, -0.2) is 9.67 Å². The molecule has 7 nitrogen and oxygen atoms in total. The van der Waals surface area contributed by atoms with Crippen LogP contribution in [0.15, 0.2) is 15.4 Å². The van der Waals surface area contributed by atoms with Crippen molar-refractivity contribution in [2.45, 2.75) is 56.9 Å². The summed E-state index contributed by atoms with van der Waals surface area (Å²) in [6.45, 7) is 0. The molecule has 3 aromatic heterocycles. The molecule has 1 saturated carbocycles. The smallest absolute Gasteiger partial charge is 0.230 e. The lowest BCUT2D eigenvalue weighted by Gasteiger charge is -2.21. The molecule has 3 heterocycles. The maximum atomic E-state index is 5.54. The lowest BCUT2D eigenvalue weighted by atomic mass is 9.89. The van der Waals surface area contributed by atoms with Crippen molar-refractivity contribution in [2.24, 2.45) is 0 Å². The number of aromatic nitrogens is 6. The molecular weight excluding hydrogens is 324 g/mol. The van der Waals surface area contributed by atoms with E-state index in [0.717, 1.165) is 30.7 Å². The van der Waals surface area contributed by atoms with Crippen LogP contribution in [0.2, 0.25) is 0 Å². The van der Waals surface area contributed by atoms with Crippen LogP contribution in [-0.4, -0.2) is 30.1 Å². The van der Waals surface area contributed by atoms with E-state index < -0.39 is 0 Å². The molecule has 0 spiro atoms. The van der Waals surface area contributed by atoms with Crippen LogP contribution in [0.25, 0.3) is 11.5 Å². The van der Waals surface area contributed by atoms with Gasteiger partial charge in [-0.05, 0) is 25.7 Å². The minimum absolute atomic E-state index is 0.246. The molecule has 1 fully saturated rings. The second kappa shape index (κ2) is 5.77. The first-order valence-electron chi connectivity index (χ1n) is 8.53. The number of thiazole rings is 1. The van der Waals surface area contributed by atoms with Crippen LogP contribution in [-0.2, 0) is 12.8 Å². The Morgan fingerprint density at radius 3 is 2.96 bits per heavy atom. The molecule has 0 bridgehead atoms. The highest BCUT2D eigenvalue weighted by Crippen LogP contribution is 2.36. The maximum absolute atomic E-state index is 5.54. The minimum Gasteiger partial charge on any atom is -0.339 e. The third-order valence-corrected chi connectivity index (χ3v) is 5.75. The van der Waals surface area contributed by atoms with Crippen molar-refractivity contribution < 1.29 is 4.52 Å². The van der Waals surface area contributed by atoms with Crippen molar-refractivity contribution in [3.63, 3.8) is 0 Å². The molecule has 2 aliphatic rings. The molecule has 2 aliphatic carbocycles. The summed E-state index contributed by atoms with van der Waals surface area (Å²) in [5.41, 5.74) is 4.98. The fourth-order valence-corrected chi connectivity index (χ4v) is 4.41. The van der Waals surface area contributed by atoms with Gasteiger partial charge < -0.3 is 4.52 Å². The van der Waals surface area contributed by atoms with Crippen LogP contribution in [0, 0.1) is 0 Å². The average molecular weight is 342 g/mol. The molecule has 0 N–H and O–H groups in total. The third kappa shape index (κ3) is 2.36. The molecule has 0 aliphatic heterocycles. The van der Waals surface area contributed by atoms with Gasteiger partial charge in [0.15, 0.2) is 0 Å². The molecule has 1 atom stereocenters. The Bertz CT molecular complexity index is 833. The Labute approximate surface area is 143 Å². The van der Waals surface area contributed by atoms with Crippen molar-refractivity contribution in [1.29, 1.82) is 0 Å². The second-order valence-corrected chi connectivity index (χ2v) is 7.35. The summed E-state index contributed by atoms with van der Waals surface area (Å²) in [7, 11) is 0. The number of aryl methyl sites for hydroxylation is 1. The van der Waals surface area contributed by atoms with Crippen molar-refractivity contribution in [3.05, 3.63) is 28.2 Å². The molecule has 124 valence electrons.